The maximum Gasteiger partial charge on any atom is 0.304 e. The number of likely N-dealkylation sites (N-methyl/N-ethyl adjacent to an activating group) is 1. The van der Waals surface area contributed by atoms with Crippen LogP contribution in [0.15, 0.2) is 30.3 Å². The number of anilines is 1. The number of nitrogens with zero attached hydrogens (tertiary/aromatic N) is 2. The van der Waals surface area contributed by atoms with Crippen LogP contribution in [0.4, 0.5) is 5.69 Å². The fourth-order valence-corrected chi connectivity index (χ4v) is 1.95. The maximum atomic E-state index is 12.4. The molecule has 1 aromatic rings. The molecule has 1 amide bonds. The van der Waals surface area contributed by atoms with E-state index in [0.29, 0.717) is 6.54 Å². The topological polar surface area (TPSA) is 60.9 Å². The van der Waals surface area contributed by atoms with Crippen LogP contribution in [0.25, 0.3) is 0 Å². The van der Waals surface area contributed by atoms with Crippen molar-refractivity contribution < 1.29 is 14.7 Å². The van der Waals surface area contributed by atoms with Crippen molar-refractivity contribution in [2.75, 3.05) is 25.0 Å². The smallest absolute Gasteiger partial charge is 0.304 e. The van der Waals surface area contributed by atoms with E-state index in [1.54, 1.807) is 11.9 Å². The van der Waals surface area contributed by atoms with Crippen LogP contribution in [0.1, 0.15) is 27.2 Å². The summed E-state index contributed by atoms with van der Waals surface area (Å²) in [6, 6.07) is 9.40. The van der Waals surface area contributed by atoms with Crippen LogP contribution in [-0.2, 0) is 9.59 Å². The maximum absolute atomic E-state index is 12.4. The molecule has 5 nitrogen and oxygen atoms in total. The van der Waals surface area contributed by atoms with Gasteiger partial charge in [0, 0.05) is 24.8 Å². The molecule has 0 spiro atoms. The first-order chi connectivity index (χ1) is 9.71. The second-order valence-corrected chi connectivity index (χ2v) is 6.02. The van der Waals surface area contributed by atoms with Crippen LogP contribution in [0.5, 0.6) is 0 Å². The number of carbonyl (C=O) groups excluding carboxylic acids is 1. The van der Waals surface area contributed by atoms with Crippen molar-refractivity contribution in [1.82, 2.24) is 4.90 Å². The lowest BCUT2D eigenvalue weighted by Crippen LogP contribution is -2.48. The molecule has 0 bridgehead atoms. The number of carboxylic acid groups (broad SMARTS) is 1. The molecule has 0 fully saturated rings. The van der Waals surface area contributed by atoms with Gasteiger partial charge in [0.1, 0.15) is 0 Å². The molecule has 0 saturated heterocycles. The molecule has 0 atom stereocenters. The third-order valence-electron chi connectivity index (χ3n) is 3.39. The minimum Gasteiger partial charge on any atom is -0.481 e. The van der Waals surface area contributed by atoms with Crippen LogP contribution in [0.3, 0.4) is 0 Å². The zero-order valence-electron chi connectivity index (χ0n) is 13.2. The highest BCUT2D eigenvalue weighted by Crippen LogP contribution is 2.16. The van der Waals surface area contributed by atoms with E-state index in [2.05, 4.69) is 0 Å². The SMILES string of the molecule is CN(C(=O)CN(CCC(=O)O)C(C)(C)C)c1ccccc1. The van der Waals surface area contributed by atoms with E-state index < -0.39 is 5.97 Å². The van der Waals surface area contributed by atoms with Crippen molar-refractivity contribution in [3.05, 3.63) is 30.3 Å². The standard InChI is InChI=1S/C16H24N2O3/c1-16(2,3)18(11-10-15(20)21)12-14(19)17(4)13-8-6-5-7-9-13/h5-9H,10-12H2,1-4H3,(H,20,21). The number of benzene rings is 1. The summed E-state index contributed by atoms with van der Waals surface area (Å²) in [6.07, 6.45) is 0.0274. The normalized spacial score (nSPS) is 11.5. The van der Waals surface area contributed by atoms with Gasteiger partial charge in [0.25, 0.3) is 0 Å². The van der Waals surface area contributed by atoms with Gasteiger partial charge in [-0.05, 0) is 32.9 Å². The van der Waals surface area contributed by atoms with Gasteiger partial charge < -0.3 is 10.0 Å². The van der Waals surface area contributed by atoms with Crippen molar-refractivity contribution in [2.24, 2.45) is 0 Å². The molecule has 5 heteroatoms. The summed E-state index contributed by atoms with van der Waals surface area (Å²) >= 11 is 0. The van der Waals surface area contributed by atoms with Crippen molar-refractivity contribution in [1.29, 1.82) is 0 Å². The van der Waals surface area contributed by atoms with E-state index in [0.717, 1.165) is 5.69 Å². The molecule has 1 rings (SSSR count). The Balaban J connectivity index is 2.74. The second-order valence-electron chi connectivity index (χ2n) is 6.02. The molecule has 0 aliphatic rings. The van der Waals surface area contributed by atoms with Gasteiger partial charge in [-0.25, -0.2) is 0 Å². The van der Waals surface area contributed by atoms with Crippen LogP contribution < -0.4 is 4.90 Å². The highest BCUT2D eigenvalue weighted by atomic mass is 16.4. The Morgan fingerprint density at radius 3 is 2.19 bits per heavy atom. The third kappa shape index (κ3) is 5.55. The zero-order chi connectivity index (χ0) is 16.0. The van der Waals surface area contributed by atoms with Crippen molar-refractivity contribution in [2.45, 2.75) is 32.7 Å². The summed E-state index contributed by atoms with van der Waals surface area (Å²) in [4.78, 5) is 26.6. The summed E-state index contributed by atoms with van der Waals surface area (Å²) in [5, 5.41) is 8.83. The minimum atomic E-state index is -0.854. The van der Waals surface area contributed by atoms with Gasteiger partial charge in [0.2, 0.25) is 5.91 Å². The Labute approximate surface area is 126 Å². The number of para-hydroxylation sites is 1. The number of hydrogen-bond acceptors (Lipinski definition) is 3. The molecular formula is C16H24N2O3. The molecule has 21 heavy (non-hydrogen) atoms. The molecule has 0 heterocycles. The average Bonchev–Trinajstić information content (AvgIpc) is 2.41. The number of aliphatic carboxylic acids is 1. The highest BCUT2D eigenvalue weighted by molar-refractivity contribution is 5.94. The van der Waals surface area contributed by atoms with Gasteiger partial charge in [-0.1, -0.05) is 18.2 Å². The quantitative estimate of drug-likeness (QED) is 0.873. The summed E-state index contributed by atoms with van der Waals surface area (Å²) in [5.74, 6) is -0.908. The Morgan fingerprint density at radius 1 is 1.14 bits per heavy atom. The lowest BCUT2D eigenvalue weighted by molar-refractivity contribution is -0.138. The molecule has 0 aliphatic carbocycles. The predicted molar refractivity (Wildman–Crippen MR) is 83.4 cm³/mol. The second kappa shape index (κ2) is 7.22. The first kappa shape index (κ1) is 17.2. The van der Waals surface area contributed by atoms with Gasteiger partial charge in [0.15, 0.2) is 0 Å². The predicted octanol–water partition coefficient (Wildman–Crippen LogP) is 2.22. The number of hydrogen-bond donors (Lipinski definition) is 1. The van der Waals surface area contributed by atoms with E-state index in [1.165, 1.54) is 0 Å². The molecule has 0 aromatic heterocycles. The number of carbonyl (C=O) groups is 2. The summed E-state index contributed by atoms with van der Waals surface area (Å²) in [6.45, 7) is 6.48. The van der Waals surface area contributed by atoms with Gasteiger partial charge >= 0.3 is 5.97 Å². The van der Waals surface area contributed by atoms with Gasteiger partial charge in [-0.3, -0.25) is 14.5 Å². The molecule has 0 saturated carbocycles. The Hall–Kier alpha value is -1.88. The monoisotopic (exact) mass is 292 g/mol. The van der Waals surface area contributed by atoms with Gasteiger partial charge in [-0.2, -0.15) is 0 Å². The summed E-state index contributed by atoms with van der Waals surface area (Å²) in [5.41, 5.74) is 0.567. The van der Waals surface area contributed by atoms with E-state index in [4.69, 9.17) is 5.11 Å². The number of rotatable bonds is 6. The Bertz CT molecular complexity index is 480. The number of amides is 1. The van der Waals surface area contributed by atoms with Crippen LogP contribution in [0, 0.1) is 0 Å². The lowest BCUT2D eigenvalue weighted by atomic mass is 10.1. The van der Waals surface area contributed by atoms with E-state index in [-0.39, 0.29) is 24.4 Å². The zero-order valence-corrected chi connectivity index (χ0v) is 13.2. The van der Waals surface area contributed by atoms with E-state index in [1.807, 2.05) is 56.0 Å². The molecule has 1 aromatic carbocycles. The van der Waals surface area contributed by atoms with E-state index >= 15 is 0 Å². The van der Waals surface area contributed by atoms with Crippen LogP contribution in [-0.4, -0.2) is 47.6 Å². The van der Waals surface area contributed by atoms with Crippen molar-refractivity contribution in [3.8, 4) is 0 Å². The fourth-order valence-electron chi connectivity index (χ4n) is 1.95. The first-order valence-electron chi connectivity index (χ1n) is 7.00. The van der Waals surface area contributed by atoms with Gasteiger partial charge in [0.05, 0.1) is 13.0 Å². The largest absolute Gasteiger partial charge is 0.481 e. The van der Waals surface area contributed by atoms with E-state index in [9.17, 15) is 9.59 Å². The lowest BCUT2D eigenvalue weighted by Gasteiger charge is -2.35. The molecule has 0 unspecified atom stereocenters. The minimum absolute atomic E-state index is 0.0274. The molecule has 0 radical (unpaired) electrons. The highest BCUT2D eigenvalue weighted by Gasteiger charge is 2.25. The van der Waals surface area contributed by atoms with Crippen LogP contribution >= 0.6 is 0 Å². The molecule has 116 valence electrons. The average molecular weight is 292 g/mol. The summed E-state index contributed by atoms with van der Waals surface area (Å²) < 4.78 is 0. The van der Waals surface area contributed by atoms with Crippen LogP contribution in [0.2, 0.25) is 0 Å². The molecule has 1 N–H and O–H groups in total. The van der Waals surface area contributed by atoms with Crippen molar-refractivity contribution in [3.63, 3.8) is 0 Å². The first-order valence-corrected chi connectivity index (χ1v) is 7.00. The number of carboxylic acids is 1. The third-order valence-corrected chi connectivity index (χ3v) is 3.39. The Kier molecular flexibility index (Phi) is 5.90. The molecular weight excluding hydrogens is 268 g/mol. The summed E-state index contributed by atoms with van der Waals surface area (Å²) in [7, 11) is 1.73. The Morgan fingerprint density at radius 2 is 1.71 bits per heavy atom. The fraction of sp³-hybridized carbons (Fsp3) is 0.500. The van der Waals surface area contributed by atoms with Gasteiger partial charge in [-0.15, -0.1) is 0 Å². The molecule has 0 aliphatic heterocycles. The van der Waals surface area contributed by atoms with Crippen molar-refractivity contribution >= 4 is 17.6 Å².